The molecule has 9 heteroatoms. The molecule has 1 fully saturated rings. The number of fused-ring (bicyclic) bond motifs is 2. The average Bonchev–Trinajstić information content (AvgIpc) is 3.53. The number of nitrogens with one attached hydrogen (secondary N) is 2. The number of aromatic carboxylic acids is 1. The van der Waals surface area contributed by atoms with Gasteiger partial charge in [0.05, 0.1) is 22.1 Å². The van der Waals surface area contributed by atoms with Crippen LogP contribution in [0.1, 0.15) is 58.9 Å². The summed E-state index contributed by atoms with van der Waals surface area (Å²) in [5.41, 5.74) is 5.34. The van der Waals surface area contributed by atoms with Crippen LogP contribution in [0, 0.1) is 0 Å². The van der Waals surface area contributed by atoms with E-state index in [9.17, 15) is 14.7 Å². The Balaban J connectivity index is 1.33. The SMILES string of the molecule is O=C(O)c1ccc2c(c1)nc(-c1ccc(C(=O)Nc3ccc4[nH]nnc4c3)cc1)n2C1CCCCC1. The van der Waals surface area contributed by atoms with Crippen LogP contribution >= 0.6 is 0 Å². The lowest BCUT2D eigenvalue weighted by Gasteiger charge is -2.25. The van der Waals surface area contributed by atoms with Crippen LogP contribution in [-0.2, 0) is 0 Å². The van der Waals surface area contributed by atoms with E-state index in [1.165, 1.54) is 6.42 Å². The number of hydrogen-bond donors (Lipinski definition) is 3. The first kappa shape index (κ1) is 22.0. The van der Waals surface area contributed by atoms with Gasteiger partial charge in [0.2, 0.25) is 0 Å². The molecule has 0 spiro atoms. The van der Waals surface area contributed by atoms with Crippen molar-refractivity contribution < 1.29 is 14.7 Å². The van der Waals surface area contributed by atoms with Crippen LogP contribution in [0.2, 0.25) is 0 Å². The van der Waals surface area contributed by atoms with Crippen LogP contribution in [0.3, 0.4) is 0 Å². The van der Waals surface area contributed by atoms with Crippen molar-refractivity contribution in [3.05, 3.63) is 71.8 Å². The Morgan fingerprint density at radius 1 is 0.917 bits per heavy atom. The first-order valence-electron chi connectivity index (χ1n) is 12.0. The molecular formula is C27H24N6O3. The minimum atomic E-state index is -0.969. The van der Waals surface area contributed by atoms with Crippen molar-refractivity contribution in [3.8, 4) is 11.4 Å². The Labute approximate surface area is 206 Å². The molecule has 1 aliphatic rings. The van der Waals surface area contributed by atoms with Gasteiger partial charge in [0.15, 0.2) is 0 Å². The number of nitrogens with zero attached hydrogens (tertiary/aromatic N) is 4. The van der Waals surface area contributed by atoms with Crippen molar-refractivity contribution in [1.29, 1.82) is 0 Å². The molecule has 2 aromatic heterocycles. The largest absolute Gasteiger partial charge is 0.478 e. The van der Waals surface area contributed by atoms with Crippen LogP contribution in [-0.4, -0.2) is 41.9 Å². The van der Waals surface area contributed by atoms with Gasteiger partial charge in [0.1, 0.15) is 11.3 Å². The van der Waals surface area contributed by atoms with Crippen molar-refractivity contribution >= 4 is 39.6 Å². The van der Waals surface area contributed by atoms with Gasteiger partial charge >= 0.3 is 5.97 Å². The maximum Gasteiger partial charge on any atom is 0.335 e. The first-order valence-corrected chi connectivity index (χ1v) is 12.0. The quantitative estimate of drug-likeness (QED) is 0.308. The molecule has 9 nitrogen and oxygen atoms in total. The van der Waals surface area contributed by atoms with Gasteiger partial charge in [-0.2, -0.15) is 0 Å². The average molecular weight is 481 g/mol. The molecule has 3 N–H and O–H groups in total. The van der Waals surface area contributed by atoms with Crippen LogP contribution in [0.15, 0.2) is 60.7 Å². The van der Waals surface area contributed by atoms with Crippen LogP contribution in [0.4, 0.5) is 5.69 Å². The summed E-state index contributed by atoms with van der Waals surface area (Å²) in [7, 11) is 0. The van der Waals surface area contributed by atoms with E-state index in [1.807, 2.05) is 24.3 Å². The van der Waals surface area contributed by atoms with E-state index in [0.29, 0.717) is 28.3 Å². The van der Waals surface area contributed by atoms with Gasteiger partial charge in [-0.25, -0.2) is 9.78 Å². The maximum atomic E-state index is 12.9. The van der Waals surface area contributed by atoms with Crippen LogP contribution in [0.25, 0.3) is 33.5 Å². The number of aromatic nitrogens is 5. The van der Waals surface area contributed by atoms with Gasteiger partial charge in [-0.3, -0.25) is 9.89 Å². The van der Waals surface area contributed by atoms with E-state index in [0.717, 1.165) is 48.1 Å². The number of imidazole rings is 1. The third-order valence-electron chi connectivity index (χ3n) is 6.87. The maximum absolute atomic E-state index is 12.9. The number of carboxylic acid groups (broad SMARTS) is 1. The molecule has 0 radical (unpaired) electrons. The summed E-state index contributed by atoms with van der Waals surface area (Å²) >= 11 is 0. The summed E-state index contributed by atoms with van der Waals surface area (Å²) in [4.78, 5) is 29.2. The van der Waals surface area contributed by atoms with Crippen molar-refractivity contribution in [2.24, 2.45) is 0 Å². The highest BCUT2D eigenvalue weighted by molar-refractivity contribution is 6.05. The number of hydrogen-bond acceptors (Lipinski definition) is 5. The highest BCUT2D eigenvalue weighted by Crippen LogP contribution is 2.36. The fourth-order valence-electron chi connectivity index (χ4n) is 5.04. The predicted molar refractivity (Wildman–Crippen MR) is 136 cm³/mol. The molecule has 6 rings (SSSR count). The van der Waals surface area contributed by atoms with Crippen molar-refractivity contribution in [2.75, 3.05) is 5.32 Å². The Morgan fingerprint density at radius 3 is 2.47 bits per heavy atom. The number of amides is 1. The Morgan fingerprint density at radius 2 is 1.69 bits per heavy atom. The first-order chi connectivity index (χ1) is 17.6. The van der Waals surface area contributed by atoms with Gasteiger partial charge in [-0.15, -0.1) is 5.10 Å². The van der Waals surface area contributed by atoms with E-state index in [-0.39, 0.29) is 11.5 Å². The Kier molecular flexibility index (Phi) is 5.44. The molecule has 1 saturated carbocycles. The summed E-state index contributed by atoms with van der Waals surface area (Å²) in [5, 5.41) is 22.9. The van der Waals surface area contributed by atoms with Gasteiger partial charge < -0.3 is 15.0 Å². The molecule has 1 amide bonds. The fourth-order valence-corrected chi connectivity index (χ4v) is 5.04. The zero-order valence-corrected chi connectivity index (χ0v) is 19.4. The van der Waals surface area contributed by atoms with Gasteiger partial charge in [0, 0.05) is 22.9 Å². The Bertz CT molecular complexity index is 1600. The molecular weight excluding hydrogens is 456 g/mol. The number of carboxylic acids is 1. The molecule has 2 heterocycles. The molecule has 180 valence electrons. The highest BCUT2D eigenvalue weighted by Gasteiger charge is 2.23. The topological polar surface area (TPSA) is 126 Å². The standard InChI is InChI=1S/C27H24N6O3/c34-26(28-19-11-12-21-22(15-19)31-32-30-21)17-8-6-16(7-9-17)25-29-23-14-18(27(35)36)10-13-24(23)33(25)20-4-2-1-3-5-20/h6-15,20H,1-5H2,(H,28,34)(H,35,36)(H,30,31,32). The molecule has 0 unspecified atom stereocenters. The van der Waals surface area contributed by atoms with Crippen LogP contribution < -0.4 is 5.32 Å². The number of rotatable bonds is 5. The molecule has 3 aromatic carbocycles. The number of anilines is 1. The summed E-state index contributed by atoms with van der Waals surface area (Å²) in [6.07, 6.45) is 5.69. The lowest BCUT2D eigenvalue weighted by atomic mass is 9.94. The molecule has 5 aromatic rings. The van der Waals surface area contributed by atoms with E-state index in [4.69, 9.17) is 4.98 Å². The van der Waals surface area contributed by atoms with E-state index in [1.54, 1.807) is 36.4 Å². The summed E-state index contributed by atoms with van der Waals surface area (Å²) in [5.74, 6) is -0.400. The Hall–Kier alpha value is -4.53. The number of carbonyl (C=O) groups excluding carboxylic acids is 1. The molecule has 0 saturated heterocycles. The third-order valence-corrected chi connectivity index (χ3v) is 6.87. The number of carbonyl (C=O) groups is 2. The monoisotopic (exact) mass is 480 g/mol. The zero-order chi connectivity index (χ0) is 24.6. The minimum absolute atomic E-state index is 0.221. The summed E-state index contributed by atoms with van der Waals surface area (Å²) in [6.45, 7) is 0. The van der Waals surface area contributed by atoms with Gasteiger partial charge in [0.25, 0.3) is 5.91 Å². The normalized spacial score (nSPS) is 14.3. The van der Waals surface area contributed by atoms with Crippen molar-refractivity contribution in [3.63, 3.8) is 0 Å². The number of benzene rings is 3. The number of H-pyrrole nitrogens is 1. The second-order valence-electron chi connectivity index (χ2n) is 9.18. The number of aromatic amines is 1. The zero-order valence-electron chi connectivity index (χ0n) is 19.4. The summed E-state index contributed by atoms with van der Waals surface area (Å²) in [6, 6.07) is 18.2. The lowest BCUT2D eigenvalue weighted by Crippen LogP contribution is -2.14. The second kappa shape index (κ2) is 8.92. The summed E-state index contributed by atoms with van der Waals surface area (Å²) < 4.78 is 2.25. The minimum Gasteiger partial charge on any atom is -0.478 e. The molecule has 0 bridgehead atoms. The fraction of sp³-hybridized carbons (Fsp3) is 0.222. The molecule has 0 aliphatic heterocycles. The van der Waals surface area contributed by atoms with E-state index in [2.05, 4.69) is 25.3 Å². The van der Waals surface area contributed by atoms with Crippen LogP contribution in [0.5, 0.6) is 0 Å². The van der Waals surface area contributed by atoms with Crippen molar-refractivity contribution in [2.45, 2.75) is 38.1 Å². The molecule has 1 aliphatic carbocycles. The molecule has 36 heavy (non-hydrogen) atoms. The smallest absolute Gasteiger partial charge is 0.335 e. The predicted octanol–water partition coefficient (Wildman–Crippen LogP) is 5.43. The second-order valence-corrected chi connectivity index (χ2v) is 9.18. The van der Waals surface area contributed by atoms with Gasteiger partial charge in [-0.05, 0) is 61.4 Å². The third kappa shape index (κ3) is 3.98. The van der Waals surface area contributed by atoms with E-state index >= 15 is 0 Å². The lowest BCUT2D eigenvalue weighted by molar-refractivity contribution is 0.0696. The molecule has 0 atom stereocenters. The van der Waals surface area contributed by atoms with Crippen molar-refractivity contribution in [1.82, 2.24) is 25.0 Å². The van der Waals surface area contributed by atoms with Gasteiger partial charge in [-0.1, -0.05) is 36.6 Å². The highest BCUT2D eigenvalue weighted by atomic mass is 16.4. The van der Waals surface area contributed by atoms with E-state index < -0.39 is 5.97 Å².